The van der Waals surface area contributed by atoms with Crippen LogP contribution in [0.5, 0.6) is 0 Å². The molecule has 4 aliphatic carbocycles. The number of rotatable bonds is 1. The highest BCUT2D eigenvalue weighted by Crippen LogP contribution is 2.66. The summed E-state index contributed by atoms with van der Waals surface area (Å²) < 4.78 is 6.18. The van der Waals surface area contributed by atoms with Crippen molar-refractivity contribution in [1.82, 2.24) is 0 Å². The molecule has 0 spiro atoms. The predicted octanol–water partition coefficient (Wildman–Crippen LogP) is 4.94. The van der Waals surface area contributed by atoms with Gasteiger partial charge >= 0.3 is 5.97 Å². The molecule has 2 unspecified atom stereocenters. The Labute approximate surface area is 165 Å². The monoisotopic (exact) mass is 458 g/mol. The lowest BCUT2D eigenvalue weighted by molar-refractivity contribution is -0.167. The summed E-state index contributed by atoms with van der Waals surface area (Å²) in [5, 5.41) is 0. The van der Waals surface area contributed by atoms with Crippen molar-refractivity contribution in [3.05, 3.63) is 0 Å². The number of hydrogen-bond acceptors (Lipinski definition) is 3. The van der Waals surface area contributed by atoms with Gasteiger partial charge in [-0.05, 0) is 73.5 Å². The fourth-order valence-corrected chi connectivity index (χ4v) is 8.36. The lowest BCUT2D eigenvalue weighted by Gasteiger charge is -2.59. The molecule has 0 aromatic carbocycles. The van der Waals surface area contributed by atoms with Gasteiger partial charge in [0.2, 0.25) is 0 Å². The van der Waals surface area contributed by atoms with E-state index in [0.717, 1.165) is 31.6 Å². The van der Waals surface area contributed by atoms with Gasteiger partial charge in [-0.25, -0.2) is 0 Å². The Morgan fingerprint density at radius 2 is 1.88 bits per heavy atom. The van der Waals surface area contributed by atoms with Gasteiger partial charge in [0.15, 0.2) is 0 Å². The summed E-state index contributed by atoms with van der Waals surface area (Å²) in [4.78, 5) is 24.7. The van der Waals surface area contributed by atoms with Crippen LogP contribution in [0.1, 0.15) is 72.1 Å². The van der Waals surface area contributed by atoms with E-state index in [9.17, 15) is 9.59 Å². The molecule has 0 aromatic heterocycles. The van der Waals surface area contributed by atoms with E-state index in [-0.39, 0.29) is 28.8 Å². The molecule has 0 N–H and O–H groups in total. The van der Waals surface area contributed by atoms with Crippen molar-refractivity contribution in [2.45, 2.75) is 82.2 Å². The largest absolute Gasteiger partial charge is 0.463 e. The second-order valence-electron chi connectivity index (χ2n) is 9.73. The van der Waals surface area contributed by atoms with Crippen LogP contribution in [0.3, 0.4) is 0 Å². The van der Waals surface area contributed by atoms with Crippen molar-refractivity contribution < 1.29 is 14.3 Å². The van der Waals surface area contributed by atoms with Crippen LogP contribution in [0, 0.1) is 34.5 Å². The van der Waals surface area contributed by atoms with Crippen molar-refractivity contribution >= 4 is 34.3 Å². The van der Waals surface area contributed by atoms with E-state index in [1.54, 1.807) is 0 Å². The van der Waals surface area contributed by atoms with E-state index >= 15 is 0 Å². The zero-order chi connectivity index (χ0) is 18.0. The average Bonchev–Trinajstić information content (AvgIpc) is 2.82. The van der Waals surface area contributed by atoms with Gasteiger partial charge < -0.3 is 4.74 Å². The fourth-order valence-electron chi connectivity index (χ4n) is 7.32. The molecule has 140 valence electrons. The lowest BCUT2D eigenvalue weighted by atomic mass is 9.45. The summed E-state index contributed by atoms with van der Waals surface area (Å²) in [5.74, 6) is 2.51. The van der Waals surface area contributed by atoms with Gasteiger partial charge in [-0.15, -0.1) is 0 Å². The van der Waals surface area contributed by atoms with Crippen molar-refractivity contribution in [2.24, 2.45) is 34.5 Å². The molecule has 3 nitrogen and oxygen atoms in total. The number of hydrogen-bond donors (Lipinski definition) is 0. The van der Waals surface area contributed by atoms with Gasteiger partial charge in [-0.3, -0.25) is 9.59 Å². The van der Waals surface area contributed by atoms with E-state index in [0.29, 0.717) is 21.5 Å². The van der Waals surface area contributed by atoms with Gasteiger partial charge in [0, 0.05) is 23.2 Å². The van der Waals surface area contributed by atoms with Crippen LogP contribution in [0.25, 0.3) is 0 Å². The van der Waals surface area contributed by atoms with Crippen LogP contribution < -0.4 is 0 Å². The van der Waals surface area contributed by atoms with E-state index < -0.39 is 0 Å². The van der Waals surface area contributed by atoms with E-state index in [4.69, 9.17) is 4.74 Å². The Bertz CT molecular complexity index is 590. The third-order valence-electron chi connectivity index (χ3n) is 8.52. The van der Waals surface area contributed by atoms with E-state index in [2.05, 4.69) is 36.4 Å². The molecule has 0 aliphatic heterocycles. The standard InChI is InChI=1S/C21H31IO3/c1-12(23)25-14-8-9-20(2)13(10-14)4-5-15-16-6-7-18(22)21(16,3)11-17(24)19(15)20/h13-16,18-19H,4-11H2,1-3H3/t13?,14?,15-,16-,18+,19+,20-,21-/m0/s1. The highest BCUT2D eigenvalue weighted by molar-refractivity contribution is 14.1. The van der Waals surface area contributed by atoms with Gasteiger partial charge in [-0.2, -0.15) is 0 Å². The number of carbonyl (C=O) groups is 2. The molecule has 4 heteroatoms. The normalized spacial score (nSPS) is 52.1. The molecule has 0 bridgehead atoms. The second-order valence-corrected chi connectivity index (χ2v) is 11.2. The quantitative estimate of drug-likeness (QED) is 0.318. The van der Waals surface area contributed by atoms with Crippen molar-refractivity contribution in [3.63, 3.8) is 0 Å². The summed E-state index contributed by atoms with van der Waals surface area (Å²) >= 11 is 2.61. The maximum absolute atomic E-state index is 13.4. The number of ether oxygens (including phenoxy) is 1. The van der Waals surface area contributed by atoms with Gasteiger partial charge in [0.1, 0.15) is 11.9 Å². The zero-order valence-corrected chi connectivity index (χ0v) is 17.9. The molecular weight excluding hydrogens is 427 g/mol. The third-order valence-corrected chi connectivity index (χ3v) is 10.6. The van der Waals surface area contributed by atoms with Crippen LogP contribution in [0.2, 0.25) is 0 Å². The molecule has 8 atom stereocenters. The number of esters is 1. The van der Waals surface area contributed by atoms with E-state index in [1.807, 2.05) is 0 Å². The summed E-state index contributed by atoms with van der Waals surface area (Å²) in [5.41, 5.74) is 0.359. The predicted molar refractivity (Wildman–Crippen MR) is 105 cm³/mol. The summed E-state index contributed by atoms with van der Waals surface area (Å²) in [7, 11) is 0. The molecule has 0 saturated heterocycles. The molecule has 4 fully saturated rings. The van der Waals surface area contributed by atoms with Crippen LogP contribution in [-0.4, -0.2) is 21.8 Å². The SMILES string of the molecule is CC(=O)OC1CC[C@@]2(C)C(CC[C@H]3[C@@H]4CC[C@@H](I)[C@@]4(C)CC(=O)[C@@H]32)C1. The first-order valence-electron chi connectivity index (χ1n) is 10.1. The smallest absolute Gasteiger partial charge is 0.302 e. The summed E-state index contributed by atoms with van der Waals surface area (Å²) in [6.07, 6.45) is 8.81. The van der Waals surface area contributed by atoms with Crippen LogP contribution >= 0.6 is 22.6 Å². The van der Waals surface area contributed by atoms with Gasteiger partial charge in [0.05, 0.1) is 0 Å². The highest BCUT2D eigenvalue weighted by Gasteiger charge is 2.63. The van der Waals surface area contributed by atoms with Crippen molar-refractivity contribution in [3.8, 4) is 0 Å². The van der Waals surface area contributed by atoms with Crippen LogP contribution in [0.15, 0.2) is 0 Å². The average molecular weight is 458 g/mol. The Morgan fingerprint density at radius 1 is 1.12 bits per heavy atom. The minimum absolute atomic E-state index is 0.0706. The molecule has 0 amide bonds. The Kier molecular flexibility index (Phi) is 4.53. The molecule has 4 saturated carbocycles. The highest BCUT2D eigenvalue weighted by atomic mass is 127. The molecule has 0 heterocycles. The summed E-state index contributed by atoms with van der Waals surface area (Å²) in [6, 6.07) is 0. The number of carbonyl (C=O) groups excluding carboxylic acids is 2. The molecule has 0 radical (unpaired) electrons. The Morgan fingerprint density at radius 3 is 2.60 bits per heavy atom. The van der Waals surface area contributed by atoms with Crippen LogP contribution in [-0.2, 0) is 14.3 Å². The van der Waals surface area contributed by atoms with Crippen LogP contribution in [0.4, 0.5) is 0 Å². The number of ketones is 1. The molecule has 4 rings (SSSR count). The Balaban J connectivity index is 1.59. The number of alkyl halides is 1. The second kappa shape index (κ2) is 6.20. The number of halogens is 1. The van der Waals surface area contributed by atoms with Gasteiger partial charge in [-0.1, -0.05) is 36.4 Å². The van der Waals surface area contributed by atoms with Crippen molar-refractivity contribution in [2.75, 3.05) is 0 Å². The minimum atomic E-state index is -0.161. The molecule has 25 heavy (non-hydrogen) atoms. The number of Topliss-reactive ketones (excluding diaryl/α,β-unsaturated/α-hetero) is 1. The molecule has 0 aromatic rings. The maximum atomic E-state index is 13.4. The van der Waals surface area contributed by atoms with Crippen molar-refractivity contribution in [1.29, 1.82) is 0 Å². The van der Waals surface area contributed by atoms with Gasteiger partial charge in [0.25, 0.3) is 0 Å². The van der Waals surface area contributed by atoms with E-state index in [1.165, 1.54) is 32.6 Å². The first-order chi connectivity index (χ1) is 11.8. The first-order valence-corrected chi connectivity index (χ1v) is 11.3. The minimum Gasteiger partial charge on any atom is -0.463 e. The summed E-state index contributed by atoms with van der Waals surface area (Å²) in [6.45, 7) is 6.29. The number of fused-ring (bicyclic) bond motifs is 5. The zero-order valence-electron chi connectivity index (χ0n) is 15.7. The fraction of sp³-hybridized carbons (Fsp3) is 0.905. The topological polar surface area (TPSA) is 43.4 Å². The third kappa shape index (κ3) is 2.71. The first kappa shape index (κ1) is 18.2. The lowest BCUT2D eigenvalue weighted by Crippen LogP contribution is -2.57. The molecular formula is C21H31IO3. The Hall–Kier alpha value is -0.130. The molecule has 4 aliphatic rings. The maximum Gasteiger partial charge on any atom is 0.302 e.